The first-order chi connectivity index (χ1) is 37.8. The molecule has 2 unspecified atom stereocenters. The zero-order valence-electron chi connectivity index (χ0n) is 45.6. The van der Waals surface area contributed by atoms with Crippen molar-refractivity contribution in [1.29, 1.82) is 5.26 Å². The van der Waals surface area contributed by atoms with Crippen LogP contribution in [0, 0.1) is 79.2 Å². The molecule has 4 aliphatic carbocycles. The second-order valence-corrected chi connectivity index (χ2v) is 21.6. The Morgan fingerprint density at radius 2 is 1.00 bits per heavy atom. The van der Waals surface area contributed by atoms with Crippen molar-refractivity contribution in [2.45, 2.75) is 61.4 Å². The molecule has 12 rings (SSSR count). The average molecular weight is 1010 g/mol. The molecule has 0 aliphatic heterocycles. The third kappa shape index (κ3) is 8.76. The fourth-order valence-corrected chi connectivity index (χ4v) is 12.5. The standard InChI is InChI=1S/C74H60N4/c1-45-10-28-61(49(5)38-45)56-20-36-71(67(42-56)63-30-12-47(3)40-51(63)7)77(59-24-14-53(44-75)15-25-59)69-34-18-54-17-33-66-70(35-19-55-16-32-65(69)73(54)74(55)66)78(60-26-22-58(76-9)23-27-60)72-37-21-57(62-29-11-46(2)39-50(62)6)43-68(72)64-31-13-48(4)41-52(64)8/h10-43,69,74H,1-8H3. The van der Waals surface area contributed by atoms with Crippen molar-refractivity contribution in [2.24, 2.45) is 5.92 Å². The van der Waals surface area contributed by atoms with Crippen LogP contribution in [-0.4, -0.2) is 6.04 Å². The van der Waals surface area contributed by atoms with E-state index < -0.39 is 0 Å². The van der Waals surface area contributed by atoms with Gasteiger partial charge in [0.15, 0.2) is 5.69 Å². The minimum atomic E-state index is -0.209. The maximum Gasteiger partial charge on any atom is 0.187 e. The van der Waals surface area contributed by atoms with Gasteiger partial charge in [0.2, 0.25) is 0 Å². The third-order valence-corrected chi connectivity index (χ3v) is 16.2. The SMILES string of the molecule is [C-]#[N+]c1ccc(N(C2=C3C=CC4=C5C(=CC=C(C=C2)C35)C(N(c2ccc(C#N)cc2)c2ccc(-c3ccc(C)cc3C)cc2-c2ccc(C)cc2C)C=C4)c2ccc(-c3ccc(C)cc3C)cc2-c2ccc(C)cc2C)cc1. The van der Waals surface area contributed by atoms with E-state index in [0.29, 0.717) is 11.3 Å². The van der Waals surface area contributed by atoms with Gasteiger partial charge in [-0.2, -0.15) is 5.26 Å². The topological polar surface area (TPSA) is 34.6 Å². The number of hydrogen-bond donors (Lipinski definition) is 0. The number of nitriles is 1. The van der Waals surface area contributed by atoms with Crippen LogP contribution < -0.4 is 9.80 Å². The predicted molar refractivity (Wildman–Crippen MR) is 326 cm³/mol. The molecule has 8 aromatic rings. The van der Waals surface area contributed by atoms with E-state index in [9.17, 15) is 5.26 Å². The van der Waals surface area contributed by atoms with Crippen LogP contribution in [0.15, 0.2) is 240 Å². The number of hydrogen-bond acceptors (Lipinski definition) is 3. The van der Waals surface area contributed by atoms with Gasteiger partial charge in [-0.3, -0.25) is 0 Å². The summed E-state index contributed by atoms with van der Waals surface area (Å²) in [6.07, 6.45) is 18.6. The van der Waals surface area contributed by atoms with Gasteiger partial charge < -0.3 is 9.80 Å². The molecule has 376 valence electrons. The Kier molecular flexibility index (Phi) is 12.6. The van der Waals surface area contributed by atoms with Crippen molar-refractivity contribution in [3.8, 4) is 50.6 Å². The minimum absolute atomic E-state index is 0.0602. The highest BCUT2D eigenvalue weighted by Gasteiger charge is 2.41. The molecular formula is C74H60N4. The molecule has 78 heavy (non-hydrogen) atoms. The highest BCUT2D eigenvalue weighted by molar-refractivity contribution is 5.93. The maximum atomic E-state index is 10.1. The Bertz CT molecular complexity index is 4130. The highest BCUT2D eigenvalue weighted by atomic mass is 15.2. The fourth-order valence-electron chi connectivity index (χ4n) is 12.5. The molecule has 0 N–H and O–H groups in total. The van der Waals surface area contributed by atoms with Gasteiger partial charge in [0.1, 0.15) is 0 Å². The molecule has 0 bridgehead atoms. The van der Waals surface area contributed by atoms with Crippen LogP contribution in [0.2, 0.25) is 0 Å². The summed E-state index contributed by atoms with van der Waals surface area (Å²) >= 11 is 0. The molecule has 2 atom stereocenters. The Morgan fingerprint density at radius 3 is 1.54 bits per heavy atom. The molecule has 0 heterocycles. The van der Waals surface area contributed by atoms with Gasteiger partial charge in [-0.25, -0.2) is 4.85 Å². The molecule has 0 fully saturated rings. The molecule has 0 saturated heterocycles. The van der Waals surface area contributed by atoms with Crippen LogP contribution in [0.1, 0.15) is 50.1 Å². The first-order valence-electron chi connectivity index (χ1n) is 27.0. The molecule has 0 amide bonds. The quantitative estimate of drug-likeness (QED) is 0.128. The van der Waals surface area contributed by atoms with E-state index in [1.807, 2.05) is 24.3 Å². The van der Waals surface area contributed by atoms with Crippen molar-refractivity contribution in [2.75, 3.05) is 9.80 Å². The monoisotopic (exact) mass is 1000 g/mol. The smallest absolute Gasteiger partial charge is 0.187 e. The lowest BCUT2D eigenvalue weighted by atomic mass is 9.67. The predicted octanol–water partition coefficient (Wildman–Crippen LogP) is 19.3. The maximum absolute atomic E-state index is 10.1. The Hall–Kier alpha value is -9.48. The summed E-state index contributed by atoms with van der Waals surface area (Å²) in [5, 5.41) is 10.1. The van der Waals surface area contributed by atoms with Crippen LogP contribution >= 0.6 is 0 Å². The van der Waals surface area contributed by atoms with Gasteiger partial charge in [-0.1, -0.05) is 162 Å². The molecule has 4 aliphatic rings. The van der Waals surface area contributed by atoms with Crippen molar-refractivity contribution in [1.82, 2.24) is 0 Å². The van der Waals surface area contributed by atoms with Crippen molar-refractivity contribution in [3.63, 3.8) is 0 Å². The fraction of sp³-hybridized carbons (Fsp3) is 0.135. The molecular weight excluding hydrogens is 945 g/mol. The summed E-state index contributed by atoms with van der Waals surface area (Å²) in [6.45, 7) is 25.4. The lowest BCUT2D eigenvalue weighted by Crippen LogP contribution is -2.37. The van der Waals surface area contributed by atoms with Crippen LogP contribution in [0.4, 0.5) is 28.4 Å². The minimum Gasteiger partial charge on any atom is -0.330 e. The molecule has 8 aromatic carbocycles. The summed E-state index contributed by atoms with van der Waals surface area (Å²) in [5.74, 6) is -0.0602. The van der Waals surface area contributed by atoms with E-state index in [2.05, 4.69) is 258 Å². The van der Waals surface area contributed by atoms with E-state index in [-0.39, 0.29) is 12.0 Å². The second kappa shape index (κ2) is 19.9. The molecule has 4 nitrogen and oxygen atoms in total. The van der Waals surface area contributed by atoms with Gasteiger partial charge in [-0.15, -0.1) is 0 Å². The summed E-state index contributed by atoms with van der Waals surface area (Å²) in [6, 6.07) is 59.3. The molecule has 0 spiro atoms. The lowest BCUT2D eigenvalue weighted by Gasteiger charge is -2.44. The number of benzene rings is 8. The Labute approximate surface area is 460 Å². The van der Waals surface area contributed by atoms with Gasteiger partial charge in [0, 0.05) is 34.1 Å². The summed E-state index contributed by atoms with van der Waals surface area (Å²) < 4.78 is 0. The first-order valence-corrected chi connectivity index (χ1v) is 27.0. The van der Waals surface area contributed by atoms with E-state index in [1.165, 1.54) is 106 Å². The molecule has 0 radical (unpaired) electrons. The number of nitrogens with zero attached hydrogens (tertiary/aromatic N) is 4. The number of aryl methyl sites for hydroxylation is 8. The van der Waals surface area contributed by atoms with E-state index in [1.54, 1.807) is 0 Å². The van der Waals surface area contributed by atoms with Crippen LogP contribution in [0.25, 0.3) is 49.4 Å². The largest absolute Gasteiger partial charge is 0.330 e. The third-order valence-electron chi connectivity index (χ3n) is 16.2. The van der Waals surface area contributed by atoms with Gasteiger partial charge in [-0.05, 0) is 206 Å². The first kappa shape index (κ1) is 49.4. The van der Waals surface area contributed by atoms with Crippen LogP contribution in [0.3, 0.4) is 0 Å². The van der Waals surface area contributed by atoms with E-state index in [4.69, 9.17) is 6.57 Å². The summed E-state index contributed by atoms with van der Waals surface area (Å²) in [4.78, 5) is 8.74. The van der Waals surface area contributed by atoms with Gasteiger partial charge in [0.05, 0.1) is 35.6 Å². The Morgan fingerprint density at radius 1 is 0.474 bits per heavy atom. The number of anilines is 4. The van der Waals surface area contributed by atoms with Crippen LogP contribution in [0.5, 0.6) is 0 Å². The number of allylic oxidation sites excluding steroid dienone is 10. The zero-order chi connectivity index (χ0) is 53.9. The van der Waals surface area contributed by atoms with E-state index >= 15 is 0 Å². The zero-order valence-corrected chi connectivity index (χ0v) is 45.6. The van der Waals surface area contributed by atoms with Gasteiger partial charge >= 0.3 is 0 Å². The summed E-state index contributed by atoms with van der Waals surface area (Å²) in [7, 11) is 0. The van der Waals surface area contributed by atoms with Gasteiger partial charge in [0.25, 0.3) is 0 Å². The van der Waals surface area contributed by atoms with Crippen molar-refractivity contribution in [3.05, 3.63) is 301 Å². The second-order valence-electron chi connectivity index (χ2n) is 21.6. The molecule has 4 heteroatoms. The van der Waals surface area contributed by atoms with Crippen molar-refractivity contribution >= 4 is 28.4 Å². The van der Waals surface area contributed by atoms with Crippen molar-refractivity contribution < 1.29 is 0 Å². The normalized spacial score (nSPS) is 15.8. The highest BCUT2D eigenvalue weighted by Crippen LogP contribution is 2.54. The van der Waals surface area contributed by atoms with E-state index in [0.717, 1.165) is 39.6 Å². The average Bonchev–Trinajstić information content (AvgIpc) is 3.48. The molecule has 0 saturated carbocycles. The molecule has 0 aromatic heterocycles. The lowest BCUT2D eigenvalue weighted by molar-refractivity contribution is 0.773. The summed E-state index contributed by atoms with van der Waals surface area (Å²) in [5.41, 5.74) is 31.8. The Balaban J connectivity index is 1.04. The van der Waals surface area contributed by atoms with Crippen LogP contribution in [-0.2, 0) is 0 Å². The number of rotatable bonds is 10.